The van der Waals surface area contributed by atoms with Gasteiger partial charge in [0.2, 0.25) is 0 Å². The second kappa shape index (κ2) is 7.84. The first-order valence-corrected chi connectivity index (χ1v) is 11.4. The van der Waals surface area contributed by atoms with Crippen molar-refractivity contribution < 1.29 is 4.79 Å². The third-order valence-electron chi connectivity index (χ3n) is 6.81. The van der Waals surface area contributed by atoms with Crippen LogP contribution in [0.15, 0.2) is 12.1 Å². The van der Waals surface area contributed by atoms with Crippen molar-refractivity contribution in [3.05, 3.63) is 40.2 Å². The minimum atomic E-state index is -0.00233. The van der Waals surface area contributed by atoms with E-state index in [2.05, 4.69) is 56.6 Å². The summed E-state index contributed by atoms with van der Waals surface area (Å²) in [5, 5.41) is 0. The Morgan fingerprint density at radius 1 is 1.10 bits per heavy atom. The average Bonchev–Trinajstić information content (AvgIpc) is 3.13. The predicted octanol–water partition coefficient (Wildman–Crippen LogP) is 4.82. The summed E-state index contributed by atoms with van der Waals surface area (Å²) in [7, 11) is 0. The molecule has 1 fully saturated rings. The Kier molecular flexibility index (Phi) is 5.52. The molecule has 0 bridgehead atoms. The van der Waals surface area contributed by atoms with Crippen molar-refractivity contribution in [3.63, 3.8) is 0 Å². The molecule has 1 saturated heterocycles. The highest BCUT2D eigenvalue weighted by atomic mass is 16.2. The Bertz CT molecular complexity index is 950. The summed E-state index contributed by atoms with van der Waals surface area (Å²) in [6, 6.07) is 4.71. The highest BCUT2D eigenvalue weighted by Gasteiger charge is 2.36. The number of likely N-dealkylation sites (tertiary alicyclic amines) is 1. The van der Waals surface area contributed by atoms with Crippen molar-refractivity contribution in [3.8, 4) is 11.4 Å². The Morgan fingerprint density at radius 2 is 1.80 bits per heavy atom. The van der Waals surface area contributed by atoms with Crippen LogP contribution in [-0.2, 0) is 12.0 Å². The molecular weight excluding hydrogens is 372 g/mol. The van der Waals surface area contributed by atoms with Crippen molar-refractivity contribution in [1.29, 1.82) is 0 Å². The minimum Gasteiger partial charge on any atom is -0.341 e. The highest BCUT2D eigenvalue weighted by Crippen LogP contribution is 2.35. The molecule has 3 heterocycles. The Hall–Kier alpha value is -2.14. The van der Waals surface area contributed by atoms with Crippen LogP contribution in [0.25, 0.3) is 11.4 Å². The third kappa shape index (κ3) is 3.80. The molecule has 2 aromatic rings. The lowest BCUT2D eigenvalue weighted by molar-refractivity contribution is 0.0723. The molecule has 0 saturated carbocycles. The van der Waals surface area contributed by atoms with Gasteiger partial charge in [0.1, 0.15) is 5.82 Å². The normalized spacial score (nSPS) is 19.2. The van der Waals surface area contributed by atoms with Gasteiger partial charge in [-0.1, -0.05) is 19.9 Å². The number of fused-ring (bicyclic) bond motifs is 1. The van der Waals surface area contributed by atoms with E-state index in [1.807, 2.05) is 11.8 Å². The maximum atomic E-state index is 13.2. The van der Waals surface area contributed by atoms with Crippen LogP contribution in [0.2, 0.25) is 0 Å². The number of amides is 1. The number of H-pyrrole nitrogens is 1. The molecule has 0 spiro atoms. The number of rotatable bonds is 3. The summed E-state index contributed by atoms with van der Waals surface area (Å²) in [6.07, 6.45) is 3.44. The summed E-state index contributed by atoms with van der Waals surface area (Å²) < 4.78 is 0. The quantitative estimate of drug-likeness (QED) is 0.792. The first-order chi connectivity index (χ1) is 14.2. The van der Waals surface area contributed by atoms with Gasteiger partial charge >= 0.3 is 0 Å². The summed E-state index contributed by atoms with van der Waals surface area (Å²) in [5.74, 6) is 1.06. The number of aromatic nitrogens is 2. The number of nitrogens with one attached hydrogen (secondary N) is 1. The van der Waals surface area contributed by atoms with E-state index in [-0.39, 0.29) is 11.3 Å². The number of aromatic amines is 1. The second-order valence-corrected chi connectivity index (χ2v) is 10.1. The van der Waals surface area contributed by atoms with Crippen LogP contribution in [0.4, 0.5) is 0 Å². The SMILES string of the molecule is Cc1cc(C)c(-c2nc3c([nH]2)CN(C(C)C)CC3(C)C)cc1C(=O)N1CCCCC1. The van der Waals surface area contributed by atoms with Gasteiger partial charge in [-0.05, 0) is 64.2 Å². The second-order valence-electron chi connectivity index (χ2n) is 10.1. The van der Waals surface area contributed by atoms with Crippen LogP contribution < -0.4 is 0 Å². The smallest absolute Gasteiger partial charge is 0.254 e. The van der Waals surface area contributed by atoms with Gasteiger partial charge in [-0.25, -0.2) is 4.98 Å². The predicted molar refractivity (Wildman–Crippen MR) is 122 cm³/mol. The molecule has 1 aromatic heterocycles. The summed E-state index contributed by atoms with van der Waals surface area (Å²) in [6.45, 7) is 16.9. The lowest BCUT2D eigenvalue weighted by Gasteiger charge is -2.39. The number of imidazole rings is 1. The number of benzene rings is 1. The molecule has 162 valence electrons. The van der Waals surface area contributed by atoms with Crippen LogP contribution in [-0.4, -0.2) is 51.4 Å². The van der Waals surface area contributed by atoms with E-state index in [1.54, 1.807) is 0 Å². The Balaban J connectivity index is 1.72. The largest absolute Gasteiger partial charge is 0.341 e. The van der Waals surface area contributed by atoms with Crippen molar-refractivity contribution in [2.45, 2.75) is 78.8 Å². The molecule has 1 aromatic carbocycles. The zero-order valence-electron chi connectivity index (χ0n) is 19.4. The molecule has 4 rings (SSSR count). The standard InChI is InChI=1S/C25H36N4O/c1-16(2)29-14-21-22(25(5,6)15-29)27-23(26-21)19-13-20(18(4)12-17(19)3)24(30)28-10-8-7-9-11-28/h12-13,16H,7-11,14-15H2,1-6H3,(H,26,27). The van der Waals surface area contributed by atoms with Gasteiger partial charge in [-0.2, -0.15) is 0 Å². The van der Waals surface area contributed by atoms with Gasteiger partial charge < -0.3 is 9.88 Å². The van der Waals surface area contributed by atoms with Crippen LogP contribution >= 0.6 is 0 Å². The highest BCUT2D eigenvalue weighted by molar-refractivity contribution is 5.97. The number of hydrogen-bond acceptors (Lipinski definition) is 3. The molecule has 1 amide bonds. The van der Waals surface area contributed by atoms with Crippen LogP contribution in [0.3, 0.4) is 0 Å². The minimum absolute atomic E-state index is 0.00233. The van der Waals surface area contributed by atoms with E-state index < -0.39 is 0 Å². The number of aryl methyl sites for hydroxylation is 2. The number of piperidine rings is 1. The van der Waals surface area contributed by atoms with Crippen LogP contribution in [0, 0.1) is 13.8 Å². The van der Waals surface area contributed by atoms with Crippen molar-refractivity contribution in [2.75, 3.05) is 19.6 Å². The molecule has 0 atom stereocenters. The molecule has 30 heavy (non-hydrogen) atoms. The first kappa shape index (κ1) is 21.1. The van der Waals surface area contributed by atoms with Crippen LogP contribution in [0.1, 0.15) is 79.8 Å². The Morgan fingerprint density at radius 3 is 2.47 bits per heavy atom. The van der Waals surface area contributed by atoms with E-state index in [0.29, 0.717) is 6.04 Å². The summed E-state index contributed by atoms with van der Waals surface area (Å²) >= 11 is 0. The fourth-order valence-corrected chi connectivity index (χ4v) is 5.02. The molecule has 2 aliphatic heterocycles. The molecular formula is C25H36N4O. The molecule has 0 aliphatic carbocycles. The fourth-order valence-electron chi connectivity index (χ4n) is 5.02. The average molecular weight is 409 g/mol. The number of hydrogen-bond donors (Lipinski definition) is 1. The molecule has 0 radical (unpaired) electrons. The molecule has 2 aliphatic rings. The fraction of sp³-hybridized carbons (Fsp3) is 0.600. The monoisotopic (exact) mass is 408 g/mol. The number of nitrogens with zero attached hydrogens (tertiary/aromatic N) is 3. The summed E-state index contributed by atoms with van der Waals surface area (Å²) in [5.41, 5.74) is 6.44. The number of carbonyl (C=O) groups excluding carboxylic acids is 1. The van der Waals surface area contributed by atoms with Gasteiger partial charge in [0.05, 0.1) is 11.4 Å². The zero-order chi connectivity index (χ0) is 21.6. The van der Waals surface area contributed by atoms with E-state index >= 15 is 0 Å². The van der Waals surface area contributed by atoms with Crippen molar-refractivity contribution in [1.82, 2.24) is 19.8 Å². The topological polar surface area (TPSA) is 52.2 Å². The van der Waals surface area contributed by atoms with Gasteiger partial charge in [0.15, 0.2) is 0 Å². The van der Waals surface area contributed by atoms with E-state index in [0.717, 1.165) is 67.1 Å². The zero-order valence-corrected chi connectivity index (χ0v) is 19.4. The van der Waals surface area contributed by atoms with Gasteiger partial charge in [-0.3, -0.25) is 9.69 Å². The lowest BCUT2D eigenvalue weighted by Crippen LogP contribution is -2.45. The molecule has 5 nitrogen and oxygen atoms in total. The van der Waals surface area contributed by atoms with Gasteiger partial charge in [0.25, 0.3) is 5.91 Å². The van der Waals surface area contributed by atoms with E-state index in [1.165, 1.54) is 17.8 Å². The van der Waals surface area contributed by atoms with Gasteiger partial charge in [-0.15, -0.1) is 0 Å². The third-order valence-corrected chi connectivity index (χ3v) is 6.81. The van der Waals surface area contributed by atoms with Crippen molar-refractivity contribution in [2.24, 2.45) is 0 Å². The molecule has 1 N–H and O–H groups in total. The van der Waals surface area contributed by atoms with E-state index in [9.17, 15) is 4.79 Å². The van der Waals surface area contributed by atoms with E-state index in [4.69, 9.17) is 4.98 Å². The molecule has 0 unspecified atom stereocenters. The molecule has 5 heteroatoms. The van der Waals surface area contributed by atoms with Gasteiger partial charge in [0, 0.05) is 48.8 Å². The lowest BCUT2D eigenvalue weighted by atomic mass is 9.84. The van der Waals surface area contributed by atoms with Crippen molar-refractivity contribution >= 4 is 5.91 Å². The maximum Gasteiger partial charge on any atom is 0.254 e. The maximum absolute atomic E-state index is 13.2. The summed E-state index contributed by atoms with van der Waals surface area (Å²) in [4.78, 5) is 26.4. The Labute approximate surface area is 180 Å². The first-order valence-electron chi connectivity index (χ1n) is 11.4. The number of carbonyl (C=O) groups is 1. The van der Waals surface area contributed by atoms with Crippen LogP contribution in [0.5, 0.6) is 0 Å².